The predicted molar refractivity (Wildman–Crippen MR) is 104 cm³/mol. The molecule has 2 rings (SSSR count). The number of hydrogen-bond acceptors (Lipinski definition) is 6. The maximum Gasteiger partial charge on any atom is 0.270 e. The third kappa shape index (κ3) is 4.90. The first-order chi connectivity index (χ1) is 12.3. The zero-order valence-corrected chi connectivity index (χ0v) is 16.1. The van der Waals surface area contributed by atoms with Gasteiger partial charge in [0.05, 0.1) is 24.8 Å². The third-order valence-corrected chi connectivity index (χ3v) is 4.11. The highest BCUT2D eigenvalue weighted by atomic mass is 79.9. The maximum absolute atomic E-state index is 12.4. The molecule has 0 aliphatic rings. The molecule has 0 aliphatic heterocycles. The van der Waals surface area contributed by atoms with Crippen LogP contribution >= 0.6 is 28.1 Å². The van der Waals surface area contributed by atoms with Crippen molar-refractivity contribution in [3.63, 3.8) is 0 Å². The number of halogens is 1. The van der Waals surface area contributed by atoms with Crippen molar-refractivity contribution in [3.8, 4) is 11.5 Å². The van der Waals surface area contributed by atoms with Gasteiger partial charge in [0, 0.05) is 28.2 Å². The number of hydrogen-bond donors (Lipinski definition) is 2. The van der Waals surface area contributed by atoms with Crippen LogP contribution in [0.2, 0.25) is 0 Å². The lowest BCUT2D eigenvalue weighted by Gasteiger charge is -2.12. The van der Waals surface area contributed by atoms with Gasteiger partial charge >= 0.3 is 0 Å². The fourth-order valence-electron chi connectivity index (χ4n) is 1.99. The SMILES string of the molecule is COc1cc(OC)cc(C(=O)NC(=S)Nc2ccc([N+](=O)[O-])cc2Br)c1. The standard InChI is InChI=1S/C16H14BrN3O5S/c1-24-11-5-9(6-12(8-11)25-2)15(21)19-16(26)18-14-4-3-10(20(22)23)7-13(14)17/h3-8H,1-2H3,(H2,18,19,21,26). The van der Waals surface area contributed by atoms with Crippen LogP contribution in [0.25, 0.3) is 0 Å². The van der Waals surface area contributed by atoms with Crippen molar-refractivity contribution in [2.75, 3.05) is 19.5 Å². The van der Waals surface area contributed by atoms with Gasteiger partial charge in [-0.2, -0.15) is 0 Å². The molecule has 0 heterocycles. The smallest absolute Gasteiger partial charge is 0.270 e. The van der Waals surface area contributed by atoms with E-state index in [9.17, 15) is 14.9 Å². The number of carbonyl (C=O) groups is 1. The fourth-order valence-corrected chi connectivity index (χ4v) is 2.65. The van der Waals surface area contributed by atoms with Crippen LogP contribution in [-0.2, 0) is 0 Å². The third-order valence-electron chi connectivity index (χ3n) is 3.25. The second-order valence-electron chi connectivity index (χ2n) is 4.93. The molecule has 2 aromatic rings. The molecular formula is C16H14BrN3O5S. The summed E-state index contributed by atoms with van der Waals surface area (Å²) in [5.41, 5.74) is 0.707. The number of benzene rings is 2. The lowest BCUT2D eigenvalue weighted by Crippen LogP contribution is -2.34. The Balaban J connectivity index is 2.10. The number of rotatable bonds is 5. The first-order valence-corrected chi connectivity index (χ1v) is 8.33. The van der Waals surface area contributed by atoms with Crippen LogP contribution in [0.5, 0.6) is 11.5 Å². The van der Waals surface area contributed by atoms with E-state index in [4.69, 9.17) is 21.7 Å². The van der Waals surface area contributed by atoms with Gasteiger partial charge in [0.2, 0.25) is 0 Å². The van der Waals surface area contributed by atoms with E-state index in [1.807, 2.05) is 0 Å². The molecule has 2 N–H and O–H groups in total. The normalized spacial score (nSPS) is 9.96. The highest BCUT2D eigenvalue weighted by Crippen LogP contribution is 2.27. The lowest BCUT2D eigenvalue weighted by atomic mass is 10.2. The number of nitrogens with zero attached hydrogens (tertiary/aromatic N) is 1. The number of nitrogens with one attached hydrogen (secondary N) is 2. The number of amides is 1. The van der Waals surface area contributed by atoms with Crippen LogP contribution in [-0.4, -0.2) is 30.2 Å². The summed E-state index contributed by atoms with van der Waals surface area (Å²) in [5.74, 6) is 0.468. The van der Waals surface area contributed by atoms with Crippen molar-refractivity contribution < 1.29 is 19.2 Å². The van der Waals surface area contributed by atoms with Gasteiger partial charge < -0.3 is 14.8 Å². The summed E-state index contributed by atoms with van der Waals surface area (Å²) in [5, 5.41) is 16.1. The van der Waals surface area contributed by atoms with Gasteiger partial charge in [-0.25, -0.2) is 0 Å². The molecule has 26 heavy (non-hydrogen) atoms. The van der Waals surface area contributed by atoms with E-state index in [0.717, 1.165) is 0 Å². The Bertz CT molecular complexity index is 853. The fraction of sp³-hybridized carbons (Fsp3) is 0.125. The van der Waals surface area contributed by atoms with E-state index in [2.05, 4.69) is 26.6 Å². The highest BCUT2D eigenvalue weighted by molar-refractivity contribution is 9.10. The molecule has 0 spiro atoms. The topological polar surface area (TPSA) is 103 Å². The van der Waals surface area contributed by atoms with E-state index in [0.29, 0.717) is 27.2 Å². The molecular weight excluding hydrogens is 426 g/mol. The molecule has 136 valence electrons. The molecule has 0 fully saturated rings. The van der Waals surface area contributed by atoms with E-state index < -0.39 is 10.8 Å². The number of methoxy groups -OCH3 is 2. The van der Waals surface area contributed by atoms with Gasteiger partial charge in [-0.3, -0.25) is 20.2 Å². The summed E-state index contributed by atoms with van der Waals surface area (Å²) in [7, 11) is 2.96. The first-order valence-electron chi connectivity index (χ1n) is 7.13. The van der Waals surface area contributed by atoms with Crippen LogP contribution in [0.4, 0.5) is 11.4 Å². The zero-order valence-electron chi connectivity index (χ0n) is 13.7. The van der Waals surface area contributed by atoms with E-state index in [1.54, 1.807) is 18.2 Å². The molecule has 0 radical (unpaired) electrons. The number of anilines is 1. The Morgan fingerprint density at radius 1 is 1.15 bits per heavy atom. The minimum Gasteiger partial charge on any atom is -0.497 e. The number of nitro groups is 1. The van der Waals surface area contributed by atoms with Crippen molar-refractivity contribution in [2.45, 2.75) is 0 Å². The number of non-ortho nitro benzene ring substituents is 1. The van der Waals surface area contributed by atoms with Crippen molar-refractivity contribution in [3.05, 3.63) is 56.5 Å². The first kappa shape index (κ1) is 19.6. The van der Waals surface area contributed by atoms with Crippen LogP contribution in [0, 0.1) is 10.1 Å². The van der Waals surface area contributed by atoms with Gasteiger partial charge in [0.25, 0.3) is 11.6 Å². The van der Waals surface area contributed by atoms with Crippen molar-refractivity contribution in [1.29, 1.82) is 0 Å². The van der Waals surface area contributed by atoms with Crippen LogP contribution < -0.4 is 20.1 Å². The lowest BCUT2D eigenvalue weighted by molar-refractivity contribution is -0.384. The summed E-state index contributed by atoms with van der Waals surface area (Å²) < 4.78 is 10.7. The summed E-state index contributed by atoms with van der Waals surface area (Å²) in [6.45, 7) is 0. The Hall–Kier alpha value is -2.72. The average molecular weight is 440 g/mol. The molecule has 8 nitrogen and oxygen atoms in total. The second-order valence-corrected chi connectivity index (χ2v) is 6.19. The summed E-state index contributed by atoms with van der Waals surface area (Å²) >= 11 is 8.34. The highest BCUT2D eigenvalue weighted by Gasteiger charge is 2.14. The molecule has 10 heteroatoms. The molecule has 0 aromatic heterocycles. The molecule has 0 saturated heterocycles. The summed E-state index contributed by atoms with van der Waals surface area (Å²) in [6, 6.07) is 8.87. The Labute approximate surface area is 162 Å². The summed E-state index contributed by atoms with van der Waals surface area (Å²) in [4.78, 5) is 22.6. The van der Waals surface area contributed by atoms with E-state index in [-0.39, 0.29) is 10.8 Å². The molecule has 0 aliphatic carbocycles. The van der Waals surface area contributed by atoms with Gasteiger partial charge in [-0.1, -0.05) is 0 Å². The molecule has 0 atom stereocenters. The summed E-state index contributed by atoms with van der Waals surface area (Å²) in [6.07, 6.45) is 0. The van der Waals surface area contributed by atoms with E-state index in [1.165, 1.54) is 32.4 Å². The molecule has 2 aromatic carbocycles. The minimum absolute atomic E-state index is 0.0336. The molecule has 1 amide bonds. The predicted octanol–water partition coefficient (Wildman–Crippen LogP) is 3.50. The van der Waals surface area contributed by atoms with Crippen molar-refractivity contribution in [2.24, 2.45) is 0 Å². The monoisotopic (exact) mass is 439 g/mol. The van der Waals surface area contributed by atoms with Gasteiger partial charge in [-0.05, 0) is 46.3 Å². The van der Waals surface area contributed by atoms with Crippen LogP contribution in [0.15, 0.2) is 40.9 Å². The number of carbonyl (C=O) groups excluding carboxylic acids is 1. The van der Waals surface area contributed by atoms with Crippen LogP contribution in [0.3, 0.4) is 0 Å². The van der Waals surface area contributed by atoms with Gasteiger partial charge in [-0.15, -0.1) is 0 Å². The largest absolute Gasteiger partial charge is 0.497 e. The molecule has 0 bridgehead atoms. The number of ether oxygens (including phenoxy) is 2. The maximum atomic E-state index is 12.4. The number of nitro benzene ring substituents is 1. The van der Waals surface area contributed by atoms with E-state index >= 15 is 0 Å². The Morgan fingerprint density at radius 2 is 1.77 bits per heavy atom. The Morgan fingerprint density at radius 3 is 2.27 bits per heavy atom. The number of thiocarbonyl (C=S) groups is 1. The average Bonchev–Trinajstić information content (AvgIpc) is 2.62. The molecule has 0 saturated carbocycles. The quantitative estimate of drug-likeness (QED) is 0.417. The molecule has 0 unspecified atom stereocenters. The van der Waals surface area contributed by atoms with Gasteiger partial charge in [0.15, 0.2) is 5.11 Å². The second kappa shape index (κ2) is 8.59. The minimum atomic E-state index is -0.509. The van der Waals surface area contributed by atoms with Crippen molar-refractivity contribution >= 4 is 50.5 Å². The van der Waals surface area contributed by atoms with Crippen molar-refractivity contribution in [1.82, 2.24) is 5.32 Å². The zero-order chi connectivity index (χ0) is 19.3. The Kier molecular flexibility index (Phi) is 6.47. The van der Waals surface area contributed by atoms with Crippen LogP contribution in [0.1, 0.15) is 10.4 Å². The van der Waals surface area contributed by atoms with Gasteiger partial charge in [0.1, 0.15) is 11.5 Å².